The number of pyridine rings is 1. The van der Waals surface area contributed by atoms with Crippen LogP contribution in [0.1, 0.15) is 13.3 Å². The maximum atomic E-state index is 5.85. The smallest absolute Gasteiger partial charge is 0.202 e. The number of aromatic nitrogens is 3. The third kappa shape index (κ3) is 2.68. The molecule has 0 saturated carbocycles. The van der Waals surface area contributed by atoms with Gasteiger partial charge in [-0.25, -0.2) is 9.97 Å². The topological polar surface area (TPSA) is 66.0 Å². The van der Waals surface area contributed by atoms with E-state index >= 15 is 0 Å². The predicted molar refractivity (Wildman–Crippen MR) is 68.1 cm³/mol. The lowest BCUT2D eigenvalue weighted by Crippen LogP contribution is -2.06. The number of aryl methyl sites for hydroxylation is 1. The number of nitrogens with two attached hydrogens (primary N) is 1. The maximum absolute atomic E-state index is 5.85. The molecule has 92 valence electrons. The summed E-state index contributed by atoms with van der Waals surface area (Å²) in [6, 6.07) is 1.76. The van der Waals surface area contributed by atoms with Gasteiger partial charge in [-0.05, 0) is 19.4 Å². The second-order valence-electron chi connectivity index (χ2n) is 3.67. The molecule has 0 radical (unpaired) electrons. The highest BCUT2D eigenvalue weighted by Gasteiger charge is 2.09. The fourth-order valence-corrected chi connectivity index (χ4v) is 1.85. The highest BCUT2D eigenvalue weighted by Crippen LogP contribution is 2.19. The molecule has 0 atom stereocenters. The van der Waals surface area contributed by atoms with Crippen molar-refractivity contribution in [2.45, 2.75) is 19.9 Å². The molecule has 0 amide bonds. The van der Waals surface area contributed by atoms with Crippen LogP contribution in [0.2, 0.25) is 5.02 Å². The molecule has 5 nitrogen and oxygen atoms in total. The van der Waals surface area contributed by atoms with Gasteiger partial charge < -0.3 is 10.5 Å². The van der Waals surface area contributed by atoms with Gasteiger partial charge in [-0.1, -0.05) is 11.6 Å². The average Bonchev–Trinajstić information content (AvgIpc) is 2.60. The Morgan fingerprint density at radius 1 is 1.53 bits per heavy atom. The van der Waals surface area contributed by atoms with E-state index in [1.807, 2.05) is 11.5 Å². The number of hydrogen-bond acceptors (Lipinski definition) is 4. The van der Waals surface area contributed by atoms with Crippen LogP contribution in [0.3, 0.4) is 0 Å². The normalized spacial score (nSPS) is 11.2. The average molecular weight is 255 g/mol. The molecule has 2 aromatic rings. The monoisotopic (exact) mass is 254 g/mol. The fourth-order valence-electron chi connectivity index (χ4n) is 1.69. The second kappa shape index (κ2) is 5.33. The molecule has 2 heterocycles. The van der Waals surface area contributed by atoms with Gasteiger partial charge in [0.25, 0.3) is 0 Å². The first-order valence-electron chi connectivity index (χ1n) is 5.57. The zero-order chi connectivity index (χ0) is 12.3. The van der Waals surface area contributed by atoms with Crippen molar-refractivity contribution in [1.82, 2.24) is 14.5 Å². The van der Waals surface area contributed by atoms with E-state index in [0.29, 0.717) is 17.6 Å². The minimum absolute atomic E-state index is 0.464. The number of nitrogens with zero attached hydrogens (tertiary/aromatic N) is 3. The summed E-state index contributed by atoms with van der Waals surface area (Å²) < 4.78 is 7.17. The van der Waals surface area contributed by atoms with Gasteiger partial charge in [0.15, 0.2) is 5.65 Å². The van der Waals surface area contributed by atoms with Gasteiger partial charge in [0.1, 0.15) is 5.52 Å². The van der Waals surface area contributed by atoms with Crippen LogP contribution in [0.4, 0.5) is 5.95 Å². The van der Waals surface area contributed by atoms with Crippen molar-refractivity contribution in [3.8, 4) is 0 Å². The molecule has 0 unspecified atom stereocenters. The van der Waals surface area contributed by atoms with Crippen LogP contribution in [0.15, 0.2) is 12.3 Å². The van der Waals surface area contributed by atoms with Crippen LogP contribution in [0.25, 0.3) is 11.2 Å². The van der Waals surface area contributed by atoms with Crippen LogP contribution in [-0.4, -0.2) is 27.7 Å². The molecule has 0 aliphatic rings. The summed E-state index contributed by atoms with van der Waals surface area (Å²) in [6.07, 6.45) is 2.48. The van der Waals surface area contributed by atoms with Gasteiger partial charge in [0.05, 0.1) is 5.02 Å². The van der Waals surface area contributed by atoms with Gasteiger partial charge in [-0.2, -0.15) is 0 Å². The maximum Gasteiger partial charge on any atom is 0.202 e. The first kappa shape index (κ1) is 12.1. The molecule has 6 heteroatoms. The molecule has 0 saturated heterocycles. The Kier molecular flexibility index (Phi) is 3.81. The van der Waals surface area contributed by atoms with Crippen molar-refractivity contribution in [3.63, 3.8) is 0 Å². The van der Waals surface area contributed by atoms with Crippen molar-refractivity contribution < 1.29 is 4.74 Å². The third-order valence-electron chi connectivity index (χ3n) is 2.46. The molecule has 0 spiro atoms. The zero-order valence-electron chi connectivity index (χ0n) is 9.69. The van der Waals surface area contributed by atoms with E-state index in [1.165, 1.54) is 0 Å². The third-order valence-corrected chi connectivity index (χ3v) is 2.66. The summed E-state index contributed by atoms with van der Waals surface area (Å²) in [4.78, 5) is 8.47. The predicted octanol–water partition coefficient (Wildman–Crippen LogP) is 2.09. The Morgan fingerprint density at radius 2 is 2.35 bits per heavy atom. The molecule has 2 N–H and O–H groups in total. The number of ether oxygens (including phenoxy) is 1. The summed E-state index contributed by atoms with van der Waals surface area (Å²) in [7, 11) is 0. The van der Waals surface area contributed by atoms with Crippen molar-refractivity contribution in [2.75, 3.05) is 18.9 Å². The molecular weight excluding hydrogens is 240 g/mol. The largest absolute Gasteiger partial charge is 0.382 e. The Bertz CT molecular complexity index is 511. The van der Waals surface area contributed by atoms with E-state index in [0.717, 1.165) is 30.7 Å². The van der Waals surface area contributed by atoms with E-state index in [2.05, 4.69) is 9.97 Å². The Morgan fingerprint density at radius 3 is 3.12 bits per heavy atom. The highest BCUT2D eigenvalue weighted by atomic mass is 35.5. The number of nitrogen functional groups attached to an aromatic ring is 1. The van der Waals surface area contributed by atoms with Crippen LogP contribution in [0.5, 0.6) is 0 Å². The van der Waals surface area contributed by atoms with Gasteiger partial charge in [0.2, 0.25) is 5.95 Å². The molecule has 0 aromatic carbocycles. The van der Waals surface area contributed by atoms with Crippen LogP contribution >= 0.6 is 11.6 Å². The minimum atomic E-state index is 0.464. The summed E-state index contributed by atoms with van der Waals surface area (Å²) in [5.74, 6) is 0.464. The van der Waals surface area contributed by atoms with E-state index in [9.17, 15) is 0 Å². The number of anilines is 1. The first-order chi connectivity index (χ1) is 8.22. The SMILES string of the molecule is CCOCCCn1c(N)nc2cc(Cl)cnc21. The molecular formula is C11H15ClN4O. The van der Waals surface area contributed by atoms with E-state index in [4.69, 9.17) is 22.1 Å². The molecule has 0 fully saturated rings. The number of fused-ring (bicyclic) bond motifs is 1. The van der Waals surface area contributed by atoms with E-state index in [1.54, 1.807) is 12.3 Å². The van der Waals surface area contributed by atoms with Gasteiger partial charge >= 0.3 is 0 Å². The van der Waals surface area contributed by atoms with Crippen molar-refractivity contribution >= 4 is 28.7 Å². The Hall–Kier alpha value is -1.33. The summed E-state index contributed by atoms with van der Waals surface area (Å²) >= 11 is 5.85. The molecule has 2 aromatic heterocycles. The number of rotatable bonds is 5. The zero-order valence-corrected chi connectivity index (χ0v) is 10.4. The second-order valence-corrected chi connectivity index (χ2v) is 4.10. The highest BCUT2D eigenvalue weighted by molar-refractivity contribution is 6.31. The first-order valence-corrected chi connectivity index (χ1v) is 5.95. The van der Waals surface area contributed by atoms with Crippen molar-refractivity contribution in [1.29, 1.82) is 0 Å². The molecule has 0 bridgehead atoms. The molecule has 17 heavy (non-hydrogen) atoms. The summed E-state index contributed by atoms with van der Waals surface area (Å²) in [5, 5.41) is 0.566. The van der Waals surface area contributed by atoms with Gasteiger partial charge in [-0.15, -0.1) is 0 Å². The summed E-state index contributed by atoms with van der Waals surface area (Å²) in [6.45, 7) is 4.17. The number of hydrogen-bond donors (Lipinski definition) is 1. The lowest BCUT2D eigenvalue weighted by molar-refractivity contribution is 0.142. The quantitative estimate of drug-likeness (QED) is 0.830. The van der Waals surface area contributed by atoms with Gasteiger partial charge in [0, 0.05) is 26.0 Å². The standard InChI is InChI=1S/C11H15ClN4O/c1-2-17-5-3-4-16-10-9(15-11(16)13)6-8(12)7-14-10/h6-7H,2-5H2,1H3,(H2,13,15). The molecule has 2 rings (SSSR count). The van der Waals surface area contributed by atoms with E-state index < -0.39 is 0 Å². The lowest BCUT2D eigenvalue weighted by atomic mass is 10.4. The van der Waals surface area contributed by atoms with Crippen LogP contribution in [0, 0.1) is 0 Å². The Labute approximate surface area is 105 Å². The minimum Gasteiger partial charge on any atom is -0.382 e. The lowest BCUT2D eigenvalue weighted by Gasteiger charge is -2.05. The van der Waals surface area contributed by atoms with Crippen molar-refractivity contribution in [2.24, 2.45) is 0 Å². The van der Waals surface area contributed by atoms with Gasteiger partial charge in [-0.3, -0.25) is 4.57 Å². The number of imidazole rings is 1. The summed E-state index contributed by atoms with van der Waals surface area (Å²) in [5.41, 5.74) is 7.34. The molecule has 0 aliphatic carbocycles. The number of halogens is 1. The molecule has 0 aliphatic heterocycles. The van der Waals surface area contributed by atoms with Crippen LogP contribution in [-0.2, 0) is 11.3 Å². The van der Waals surface area contributed by atoms with Crippen LogP contribution < -0.4 is 5.73 Å². The Balaban J connectivity index is 2.18. The fraction of sp³-hybridized carbons (Fsp3) is 0.455. The van der Waals surface area contributed by atoms with Crippen molar-refractivity contribution in [3.05, 3.63) is 17.3 Å². The van der Waals surface area contributed by atoms with E-state index in [-0.39, 0.29) is 0 Å².